The minimum absolute atomic E-state index is 0.0198. The molecule has 2 atom stereocenters. The van der Waals surface area contributed by atoms with Crippen molar-refractivity contribution >= 4 is 18.1 Å². The summed E-state index contributed by atoms with van der Waals surface area (Å²) in [6.45, 7) is 13.6. The Morgan fingerprint density at radius 2 is 2.00 bits per heavy atom. The van der Waals surface area contributed by atoms with Gasteiger partial charge in [-0.3, -0.25) is 9.79 Å². The molecule has 0 aliphatic carbocycles. The fourth-order valence-corrected chi connectivity index (χ4v) is 3.84. The molecule has 7 nitrogen and oxygen atoms in total. The number of nitrogens with zero attached hydrogens (tertiary/aromatic N) is 3. The molecule has 3 rings (SSSR count). The summed E-state index contributed by atoms with van der Waals surface area (Å²) >= 11 is 0. The van der Waals surface area contributed by atoms with Gasteiger partial charge in [-0.25, -0.2) is 4.79 Å². The third-order valence-corrected chi connectivity index (χ3v) is 5.18. The fourth-order valence-electron chi connectivity index (χ4n) is 3.84. The summed E-state index contributed by atoms with van der Waals surface area (Å²) in [5.41, 5.74) is 2.93. The van der Waals surface area contributed by atoms with Crippen molar-refractivity contribution in [1.29, 1.82) is 0 Å². The summed E-state index contributed by atoms with van der Waals surface area (Å²) in [6, 6.07) is 0.0519. The van der Waals surface area contributed by atoms with Crippen molar-refractivity contribution in [3.05, 3.63) is 34.1 Å². The lowest BCUT2D eigenvalue weighted by atomic mass is 10.0. The van der Waals surface area contributed by atoms with Gasteiger partial charge in [0.05, 0.1) is 17.5 Å². The molecule has 0 unspecified atom stereocenters. The van der Waals surface area contributed by atoms with Crippen LogP contribution in [0.15, 0.2) is 22.8 Å². The molecule has 2 aliphatic heterocycles. The van der Waals surface area contributed by atoms with Crippen LogP contribution in [0.1, 0.15) is 51.9 Å². The third-order valence-electron chi connectivity index (χ3n) is 5.18. The summed E-state index contributed by atoms with van der Waals surface area (Å²) in [4.78, 5) is 36.0. The average Bonchev–Trinajstić information content (AvgIpc) is 2.91. The number of carbonyl (C=O) groups is 2. The lowest BCUT2D eigenvalue weighted by Crippen LogP contribution is -2.59. The van der Waals surface area contributed by atoms with Gasteiger partial charge in [-0.1, -0.05) is 6.08 Å². The Kier molecular flexibility index (Phi) is 5.37. The smallest absolute Gasteiger partial charge is 0.410 e. The number of rotatable bonds is 2. The fraction of sp³-hybridized carbons (Fsp3) is 0.571. The number of hydrogen-bond acceptors (Lipinski definition) is 5. The number of fused-ring (bicyclic) bond motifs is 1. The molecule has 0 radical (unpaired) electrons. The molecule has 1 fully saturated rings. The lowest BCUT2D eigenvalue weighted by Gasteiger charge is -2.46. The number of H-pyrrole nitrogens is 1. The van der Waals surface area contributed by atoms with Crippen LogP contribution in [-0.4, -0.2) is 64.5 Å². The maximum Gasteiger partial charge on any atom is 0.410 e. The molecule has 152 valence electrons. The molecule has 2 aliphatic rings. The van der Waals surface area contributed by atoms with Crippen molar-refractivity contribution < 1.29 is 14.3 Å². The summed E-state index contributed by atoms with van der Waals surface area (Å²) in [5.74, 6) is 0. The molecule has 1 aromatic rings. The van der Waals surface area contributed by atoms with Gasteiger partial charge >= 0.3 is 6.09 Å². The molecule has 0 saturated carbocycles. The Morgan fingerprint density at radius 3 is 2.64 bits per heavy atom. The Bertz CT molecular complexity index is 922. The van der Waals surface area contributed by atoms with E-state index < -0.39 is 5.60 Å². The van der Waals surface area contributed by atoms with Crippen molar-refractivity contribution in [1.82, 2.24) is 14.8 Å². The Labute approximate surface area is 165 Å². The highest BCUT2D eigenvalue weighted by atomic mass is 16.6. The van der Waals surface area contributed by atoms with Crippen molar-refractivity contribution in [3.8, 4) is 0 Å². The van der Waals surface area contributed by atoms with Crippen LogP contribution < -0.4 is 10.7 Å². The normalized spacial score (nSPS) is 22.8. The van der Waals surface area contributed by atoms with Gasteiger partial charge < -0.3 is 19.5 Å². The molecule has 3 heterocycles. The van der Waals surface area contributed by atoms with Crippen LogP contribution in [0.3, 0.4) is 0 Å². The number of aldehydes is 1. The zero-order valence-corrected chi connectivity index (χ0v) is 17.6. The van der Waals surface area contributed by atoms with E-state index in [0.29, 0.717) is 25.2 Å². The monoisotopic (exact) mass is 386 g/mol. The summed E-state index contributed by atoms with van der Waals surface area (Å²) in [6.07, 6.45) is 4.38. The van der Waals surface area contributed by atoms with Crippen molar-refractivity contribution in [2.24, 2.45) is 4.99 Å². The maximum atomic E-state index is 12.6. The van der Waals surface area contributed by atoms with Gasteiger partial charge in [-0.05, 0) is 47.1 Å². The van der Waals surface area contributed by atoms with Crippen LogP contribution in [0, 0.1) is 0 Å². The molecule has 1 amide bonds. The van der Waals surface area contributed by atoms with Crippen molar-refractivity contribution in [3.63, 3.8) is 0 Å². The van der Waals surface area contributed by atoms with E-state index in [1.165, 1.54) is 0 Å². The van der Waals surface area contributed by atoms with Gasteiger partial charge in [-0.15, -0.1) is 0 Å². The Balaban J connectivity index is 1.99. The molecule has 0 bridgehead atoms. The first-order valence-corrected chi connectivity index (χ1v) is 9.77. The molecule has 28 heavy (non-hydrogen) atoms. The molecule has 0 spiro atoms. The third kappa shape index (κ3) is 3.84. The topological polar surface area (TPSA) is 78.0 Å². The molecule has 0 aromatic carbocycles. The molecular formula is C21H30N4O3. The number of ether oxygens (including phenoxy) is 1. The first kappa shape index (κ1) is 20.2. The highest BCUT2D eigenvalue weighted by Gasteiger charge is 2.36. The number of carbonyl (C=O) groups excluding carboxylic acids is 2. The van der Waals surface area contributed by atoms with E-state index in [2.05, 4.69) is 34.8 Å². The Morgan fingerprint density at radius 1 is 1.29 bits per heavy atom. The van der Waals surface area contributed by atoms with Crippen LogP contribution in [0.2, 0.25) is 0 Å². The Hall–Kier alpha value is -2.57. The quantitative estimate of drug-likeness (QED) is 0.787. The van der Waals surface area contributed by atoms with Crippen molar-refractivity contribution in [2.75, 3.05) is 19.6 Å². The minimum Gasteiger partial charge on any atom is -0.444 e. The molecule has 1 saturated heterocycles. The lowest BCUT2D eigenvalue weighted by molar-refractivity contribution is -0.000903. The molecular weight excluding hydrogens is 356 g/mol. The largest absolute Gasteiger partial charge is 0.444 e. The van der Waals surface area contributed by atoms with E-state index in [0.717, 1.165) is 28.3 Å². The molecule has 7 heteroatoms. The summed E-state index contributed by atoms with van der Waals surface area (Å²) in [7, 11) is 0. The highest BCUT2D eigenvalue weighted by Crippen LogP contribution is 2.26. The van der Waals surface area contributed by atoms with E-state index >= 15 is 0 Å². The first-order chi connectivity index (χ1) is 13.1. The second-order valence-electron chi connectivity index (χ2n) is 8.65. The predicted octanol–water partition coefficient (Wildman–Crippen LogP) is 1.84. The summed E-state index contributed by atoms with van der Waals surface area (Å²) < 4.78 is 5.58. The van der Waals surface area contributed by atoms with Crippen LogP contribution in [0.5, 0.6) is 0 Å². The van der Waals surface area contributed by atoms with Gasteiger partial charge in [0.25, 0.3) is 0 Å². The average molecular weight is 386 g/mol. The van der Waals surface area contributed by atoms with E-state index in [4.69, 9.17) is 4.74 Å². The van der Waals surface area contributed by atoms with Crippen LogP contribution in [-0.2, 0) is 4.74 Å². The number of hydrogen-bond donors (Lipinski definition) is 1. The number of aromatic amines is 1. The highest BCUT2D eigenvalue weighted by molar-refractivity contribution is 5.78. The van der Waals surface area contributed by atoms with E-state index in [1.54, 1.807) is 11.1 Å². The zero-order chi connectivity index (χ0) is 20.6. The van der Waals surface area contributed by atoms with Gasteiger partial charge in [0, 0.05) is 36.9 Å². The second-order valence-corrected chi connectivity index (χ2v) is 8.65. The van der Waals surface area contributed by atoms with Crippen LogP contribution >= 0.6 is 0 Å². The molecule has 1 aromatic heterocycles. The summed E-state index contributed by atoms with van der Waals surface area (Å²) in [5, 5.41) is 0.853. The van der Waals surface area contributed by atoms with E-state index in [1.807, 2.05) is 27.7 Å². The first-order valence-electron chi connectivity index (χ1n) is 9.77. The van der Waals surface area contributed by atoms with Crippen LogP contribution in [0.25, 0.3) is 5.70 Å². The number of nitrogens with one attached hydrogen (secondary N) is 1. The van der Waals surface area contributed by atoms with Gasteiger partial charge in [0.1, 0.15) is 11.1 Å². The zero-order valence-electron chi connectivity index (χ0n) is 17.6. The SMILES string of the molecule is CC1=CCN=c2[nH]cc(C=O)c2=C1N1C[C@@H](C)N(C(=O)OC(C)(C)C)C[C@@H]1C. The number of piperazine rings is 1. The van der Waals surface area contributed by atoms with Gasteiger partial charge in [0.2, 0.25) is 0 Å². The maximum absolute atomic E-state index is 12.6. The van der Waals surface area contributed by atoms with E-state index in [-0.39, 0.29) is 18.2 Å². The van der Waals surface area contributed by atoms with Gasteiger partial charge in [0.15, 0.2) is 6.29 Å². The second kappa shape index (κ2) is 7.45. The standard InChI is InChI=1S/C21H30N4O3/c1-13-7-8-22-19-17(16(12-26)9-23-19)18(13)24-10-15(3)25(11-14(24)2)20(27)28-21(4,5)6/h7,9,12,14-15H,8,10-11H2,1-6H3,(H,22,23)/t14-,15+/m0/s1. The van der Waals surface area contributed by atoms with E-state index in [9.17, 15) is 9.59 Å². The predicted molar refractivity (Wildman–Crippen MR) is 108 cm³/mol. The van der Waals surface area contributed by atoms with Crippen molar-refractivity contribution in [2.45, 2.75) is 59.2 Å². The van der Waals surface area contributed by atoms with Gasteiger partial charge in [-0.2, -0.15) is 0 Å². The minimum atomic E-state index is -0.521. The number of aromatic nitrogens is 1. The number of amides is 1. The van der Waals surface area contributed by atoms with Crippen LogP contribution in [0.4, 0.5) is 4.79 Å². The molecule has 1 N–H and O–H groups in total.